The molecular weight excluding hydrogens is 291 g/mol. The van der Waals surface area contributed by atoms with Crippen LogP contribution in [0.15, 0.2) is 18.2 Å². The summed E-state index contributed by atoms with van der Waals surface area (Å²) in [7, 11) is 0. The molecule has 0 spiro atoms. The second-order valence-corrected chi connectivity index (χ2v) is 7.69. The van der Waals surface area contributed by atoms with Crippen molar-refractivity contribution in [1.82, 2.24) is 9.55 Å². The lowest BCUT2D eigenvalue weighted by Gasteiger charge is -2.28. The lowest BCUT2D eigenvalue weighted by Crippen LogP contribution is -2.23. The highest BCUT2D eigenvalue weighted by Gasteiger charge is 2.23. The number of imidazole rings is 1. The Morgan fingerprint density at radius 3 is 2.45 bits per heavy atom. The minimum absolute atomic E-state index is 0.117. The zero-order valence-corrected chi connectivity index (χ0v) is 14.3. The Morgan fingerprint density at radius 1 is 1.25 bits per heavy atom. The summed E-state index contributed by atoms with van der Waals surface area (Å²) in [4.78, 5) is 4.66. The Balaban J connectivity index is 2.53. The van der Waals surface area contributed by atoms with E-state index in [0.29, 0.717) is 5.92 Å². The molecule has 1 heterocycles. The molecule has 0 radical (unpaired) electrons. The lowest BCUT2D eigenvalue weighted by atomic mass is 9.82. The van der Waals surface area contributed by atoms with Crippen LogP contribution in [0, 0.1) is 11.3 Å². The van der Waals surface area contributed by atoms with Crippen molar-refractivity contribution in [2.45, 2.75) is 46.5 Å². The summed E-state index contributed by atoms with van der Waals surface area (Å²) in [6.07, 6.45) is 0. The van der Waals surface area contributed by atoms with E-state index < -0.39 is 0 Å². The van der Waals surface area contributed by atoms with E-state index in [1.54, 1.807) is 0 Å². The Bertz CT molecular complexity index is 609. The summed E-state index contributed by atoms with van der Waals surface area (Å²) in [6.45, 7) is 11.9. The zero-order chi connectivity index (χ0) is 15.1. The van der Waals surface area contributed by atoms with Gasteiger partial charge in [0, 0.05) is 11.6 Å². The highest BCUT2D eigenvalue weighted by atomic mass is 35.5. The van der Waals surface area contributed by atoms with Crippen molar-refractivity contribution in [3.05, 3.63) is 29.0 Å². The standard InChI is InChI=1S/C16H22Cl2N2/c1-10(16(3,4)5)9-20-14-8-12(18)6-7-13(14)19-15(20)11(2)17/h6-8,10-11H,9H2,1-5H3. The lowest BCUT2D eigenvalue weighted by molar-refractivity contribution is 0.233. The average Bonchev–Trinajstić information content (AvgIpc) is 2.66. The molecule has 0 N–H and O–H groups in total. The van der Waals surface area contributed by atoms with E-state index in [4.69, 9.17) is 23.2 Å². The summed E-state index contributed by atoms with van der Waals surface area (Å²) in [5, 5.41) is 0.615. The third-order valence-corrected chi connectivity index (χ3v) is 4.46. The number of hydrogen-bond donors (Lipinski definition) is 0. The molecule has 110 valence electrons. The number of benzene rings is 1. The fourth-order valence-electron chi connectivity index (χ4n) is 2.16. The normalized spacial score (nSPS) is 15.6. The minimum Gasteiger partial charge on any atom is -0.326 e. The van der Waals surface area contributed by atoms with Gasteiger partial charge in [-0.2, -0.15) is 0 Å². The van der Waals surface area contributed by atoms with Gasteiger partial charge in [-0.05, 0) is 36.5 Å². The third-order valence-electron chi connectivity index (χ3n) is 4.03. The molecule has 0 saturated heterocycles. The fraction of sp³-hybridized carbons (Fsp3) is 0.562. The molecule has 20 heavy (non-hydrogen) atoms. The molecular formula is C16H22Cl2N2. The van der Waals surface area contributed by atoms with Crippen LogP contribution in [-0.4, -0.2) is 9.55 Å². The quantitative estimate of drug-likeness (QED) is 0.667. The molecule has 0 saturated carbocycles. The van der Waals surface area contributed by atoms with E-state index in [0.717, 1.165) is 28.4 Å². The van der Waals surface area contributed by atoms with Gasteiger partial charge in [0.05, 0.1) is 16.4 Å². The molecule has 0 fully saturated rings. The van der Waals surface area contributed by atoms with Crippen LogP contribution in [0.5, 0.6) is 0 Å². The maximum absolute atomic E-state index is 6.30. The van der Waals surface area contributed by atoms with Crippen molar-refractivity contribution >= 4 is 34.2 Å². The first kappa shape index (κ1) is 15.7. The maximum atomic E-state index is 6.30. The second-order valence-electron chi connectivity index (χ2n) is 6.60. The minimum atomic E-state index is -0.117. The number of halogens is 2. The van der Waals surface area contributed by atoms with E-state index in [1.165, 1.54) is 0 Å². The Hall–Kier alpha value is -0.730. The van der Waals surface area contributed by atoms with E-state index >= 15 is 0 Å². The van der Waals surface area contributed by atoms with Crippen LogP contribution in [0.4, 0.5) is 0 Å². The average molecular weight is 313 g/mol. The molecule has 2 aromatic rings. The fourth-order valence-corrected chi connectivity index (χ4v) is 2.49. The van der Waals surface area contributed by atoms with Crippen LogP contribution >= 0.6 is 23.2 Å². The van der Waals surface area contributed by atoms with Gasteiger partial charge in [-0.3, -0.25) is 0 Å². The Morgan fingerprint density at radius 2 is 1.90 bits per heavy atom. The van der Waals surface area contributed by atoms with Gasteiger partial charge in [-0.25, -0.2) is 4.98 Å². The number of fused-ring (bicyclic) bond motifs is 1. The topological polar surface area (TPSA) is 17.8 Å². The van der Waals surface area contributed by atoms with Crippen LogP contribution in [0.3, 0.4) is 0 Å². The number of rotatable bonds is 3. The van der Waals surface area contributed by atoms with Gasteiger partial charge in [-0.15, -0.1) is 11.6 Å². The molecule has 0 aliphatic heterocycles. The predicted octanol–water partition coefficient (Wildman–Crippen LogP) is 5.67. The molecule has 2 atom stereocenters. The van der Waals surface area contributed by atoms with Crippen LogP contribution in [0.2, 0.25) is 5.02 Å². The first-order valence-corrected chi connectivity index (χ1v) is 7.81. The summed E-state index contributed by atoms with van der Waals surface area (Å²) >= 11 is 12.4. The predicted molar refractivity (Wildman–Crippen MR) is 87.6 cm³/mol. The van der Waals surface area contributed by atoms with Crippen molar-refractivity contribution in [1.29, 1.82) is 0 Å². The Kier molecular flexibility index (Phi) is 4.36. The molecule has 0 aliphatic rings. The smallest absolute Gasteiger partial charge is 0.127 e. The zero-order valence-electron chi connectivity index (χ0n) is 12.7. The van der Waals surface area contributed by atoms with Gasteiger partial charge < -0.3 is 4.57 Å². The van der Waals surface area contributed by atoms with Gasteiger partial charge in [-0.1, -0.05) is 39.3 Å². The highest BCUT2D eigenvalue weighted by Crippen LogP contribution is 2.32. The van der Waals surface area contributed by atoms with E-state index in [-0.39, 0.29) is 10.8 Å². The summed E-state index contributed by atoms with van der Waals surface area (Å²) in [6, 6.07) is 5.80. The van der Waals surface area contributed by atoms with Crippen LogP contribution in [-0.2, 0) is 6.54 Å². The first-order chi connectivity index (χ1) is 9.20. The number of hydrogen-bond acceptors (Lipinski definition) is 1. The van der Waals surface area contributed by atoms with Crippen LogP contribution in [0.25, 0.3) is 11.0 Å². The summed E-state index contributed by atoms with van der Waals surface area (Å²) in [5.41, 5.74) is 2.26. The molecule has 1 aromatic carbocycles. The maximum Gasteiger partial charge on any atom is 0.127 e. The summed E-state index contributed by atoms with van der Waals surface area (Å²) in [5.74, 6) is 1.42. The van der Waals surface area contributed by atoms with Gasteiger partial charge >= 0.3 is 0 Å². The largest absolute Gasteiger partial charge is 0.326 e. The number of nitrogens with zero attached hydrogens (tertiary/aromatic N) is 2. The van der Waals surface area contributed by atoms with Gasteiger partial charge in [0.2, 0.25) is 0 Å². The van der Waals surface area contributed by atoms with Crippen molar-refractivity contribution in [3.8, 4) is 0 Å². The molecule has 0 bridgehead atoms. The van der Waals surface area contributed by atoms with E-state index in [1.807, 2.05) is 25.1 Å². The molecule has 1 aromatic heterocycles. The highest BCUT2D eigenvalue weighted by molar-refractivity contribution is 6.31. The van der Waals surface area contributed by atoms with Crippen molar-refractivity contribution in [2.24, 2.45) is 11.3 Å². The van der Waals surface area contributed by atoms with Crippen molar-refractivity contribution in [3.63, 3.8) is 0 Å². The molecule has 4 heteroatoms. The molecule has 2 nitrogen and oxygen atoms in total. The Labute approximate surface area is 131 Å². The molecule has 0 aliphatic carbocycles. The molecule has 2 rings (SSSR count). The van der Waals surface area contributed by atoms with Crippen molar-refractivity contribution in [2.75, 3.05) is 0 Å². The van der Waals surface area contributed by atoms with Crippen LogP contribution in [0.1, 0.15) is 45.8 Å². The molecule has 2 unspecified atom stereocenters. The second kappa shape index (κ2) is 5.57. The monoisotopic (exact) mass is 312 g/mol. The van der Waals surface area contributed by atoms with Gasteiger partial charge in [0.15, 0.2) is 0 Å². The van der Waals surface area contributed by atoms with Gasteiger partial charge in [0.25, 0.3) is 0 Å². The van der Waals surface area contributed by atoms with E-state index in [9.17, 15) is 0 Å². The first-order valence-electron chi connectivity index (χ1n) is 7.00. The third kappa shape index (κ3) is 3.12. The van der Waals surface area contributed by atoms with Gasteiger partial charge in [0.1, 0.15) is 5.82 Å². The number of aromatic nitrogens is 2. The number of alkyl halides is 1. The van der Waals surface area contributed by atoms with Crippen LogP contribution < -0.4 is 0 Å². The molecule has 0 amide bonds. The summed E-state index contributed by atoms with van der Waals surface area (Å²) < 4.78 is 2.22. The SMILES string of the molecule is CC(Cl)c1nc2ccc(Cl)cc2n1CC(C)C(C)(C)C. The van der Waals surface area contributed by atoms with Crippen molar-refractivity contribution < 1.29 is 0 Å². The van der Waals surface area contributed by atoms with E-state index in [2.05, 4.69) is 37.2 Å².